The summed E-state index contributed by atoms with van der Waals surface area (Å²) in [6.07, 6.45) is 7.64. The fourth-order valence-electron chi connectivity index (χ4n) is 2.22. The monoisotopic (exact) mass is 198 g/mol. The van der Waals surface area contributed by atoms with E-state index in [0.717, 1.165) is 13.1 Å². The van der Waals surface area contributed by atoms with Crippen LogP contribution >= 0.6 is 0 Å². The zero-order valence-electron chi connectivity index (χ0n) is 8.85. The lowest BCUT2D eigenvalue weighted by atomic mass is 10.1. The summed E-state index contributed by atoms with van der Waals surface area (Å²) in [6, 6.07) is 8.64. The number of fused-ring (bicyclic) bond motifs is 1. The molecule has 0 amide bonds. The van der Waals surface area contributed by atoms with E-state index in [4.69, 9.17) is 0 Å². The fourth-order valence-corrected chi connectivity index (χ4v) is 2.22. The van der Waals surface area contributed by atoms with Crippen LogP contribution in [0.25, 0.3) is 5.70 Å². The maximum Gasteiger partial charge on any atom is 0.0939 e. The molecule has 1 aromatic carbocycles. The number of allylic oxidation sites excluding steroid dienone is 1. The molecule has 76 valence electrons. The molecular weight excluding hydrogens is 184 g/mol. The normalized spacial score (nSPS) is 18.3. The second-order valence-electron chi connectivity index (χ2n) is 4.12. The molecule has 0 atom stereocenters. The van der Waals surface area contributed by atoms with Crippen LogP contribution in [0.5, 0.6) is 0 Å². The molecule has 0 unspecified atom stereocenters. The van der Waals surface area contributed by atoms with Gasteiger partial charge in [0.25, 0.3) is 0 Å². The Labute approximate surface area is 90.1 Å². The SMILES string of the molecule is CN1C=CN(C2=CCc3ccccc32)C1. The molecule has 1 aliphatic heterocycles. The van der Waals surface area contributed by atoms with Crippen molar-refractivity contribution < 1.29 is 0 Å². The quantitative estimate of drug-likeness (QED) is 0.683. The van der Waals surface area contributed by atoms with Crippen LogP contribution < -0.4 is 0 Å². The molecule has 15 heavy (non-hydrogen) atoms. The van der Waals surface area contributed by atoms with Crippen LogP contribution in [0.4, 0.5) is 0 Å². The number of benzene rings is 1. The average molecular weight is 198 g/mol. The standard InChI is InChI=1S/C13H14N2/c1-14-8-9-15(10-14)13-7-6-11-4-2-3-5-12(11)13/h2-5,7-9H,6,10H2,1H3. The Hall–Kier alpha value is -1.70. The lowest BCUT2D eigenvalue weighted by Gasteiger charge is -2.20. The van der Waals surface area contributed by atoms with Crippen molar-refractivity contribution in [3.8, 4) is 0 Å². The predicted molar refractivity (Wildman–Crippen MR) is 61.7 cm³/mol. The molecule has 0 radical (unpaired) electrons. The minimum absolute atomic E-state index is 0.958. The minimum atomic E-state index is 0.958. The van der Waals surface area contributed by atoms with Crippen LogP contribution in [0.15, 0.2) is 42.7 Å². The van der Waals surface area contributed by atoms with Crippen LogP contribution in [0.3, 0.4) is 0 Å². The lowest BCUT2D eigenvalue weighted by molar-refractivity contribution is 0.375. The molecule has 2 aliphatic rings. The van der Waals surface area contributed by atoms with Gasteiger partial charge in [-0.3, -0.25) is 0 Å². The minimum Gasteiger partial charge on any atom is -0.361 e. The lowest BCUT2D eigenvalue weighted by Crippen LogP contribution is -2.20. The van der Waals surface area contributed by atoms with Gasteiger partial charge in [-0.2, -0.15) is 0 Å². The number of nitrogens with zero attached hydrogens (tertiary/aromatic N) is 2. The molecule has 0 bridgehead atoms. The summed E-state index contributed by atoms with van der Waals surface area (Å²) in [4.78, 5) is 4.48. The Balaban J connectivity index is 1.94. The molecule has 0 saturated heterocycles. The number of rotatable bonds is 1. The van der Waals surface area contributed by atoms with Crippen molar-refractivity contribution in [1.29, 1.82) is 0 Å². The molecule has 0 N–H and O–H groups in total. The van der Waals surface area contributed by atoms with Gasteiger partial charge in [-0.15, -0.1) is 0 Å². The van der Waals surface area contributed by atoms with E-state index in [-0.39, 0.29) is 0 Å². The topological polar surface area (TPSA) is 6.48 Å². The van der Waals surface area contributed by atoms with E-state index in [1.807, 2.05) is 0 Å². The largest absolute Gasteiger partial charge is 0.361 e. The van der Waals surface area contributed by atoms with Gasteiger partial charge in [0.15, 0.2) is 0 Å². The van der Waals surface area contributed by atoms with Crippen molar-refractivity contribution >= 4 is 5.70 Å². The van der Waals surface area contributed by atoms with Gasteiger partial charge < -0.3 is 9.80 Å². The summed E-state index contributed by atoms with van der Waals surface area (Å²) in [7, 11) is 2.10. The molecule has 1 heterocycles. The van der Waals surface area contributed by atoms with Crippen LogP contribution in [0.1, 0.15) is 11.1 Å². The van der Waals surface area contributed by atoms with Gasteiger partial charge in [-0.1, -0.05) is 30.3 Å². The first-order valence-corrected chi connectivity index (χ1v) is 5.28. The van der Waals surface area contributed by atoms with Crippen LogP contribution in [0.2, 0.25) is 0 Å². The third kappa shape index (κ3) is 1.33. The van der Waals surface area contributed by atoms with Crippen molar-refractivity contribution in [1.82, 2.24) is 9.80 Å². The third-order valence-corrected chi connectivity index (χ3v) is 2.99. The summed E-state index contributed by atoms with van der Waals surface area (Å²) in [6.45, 7) is 0.958. The highest BCUT2D eigenvalue weighted by atomic mass is 15.3. The van der Waals surface area contributed by atoms with Crippen molar-refractivity contribution in [2.45, 2.75) is 6.42 Å². The molecule has 3 rings (SSSR count). The molecule has 0 aromatic heterocycles. The number of hydrogen-bond donors (Lipinski definition) is 0. The second-order valence-corrected chi connectivity index (χ2v) is 4.12. The Bertz CT molecular complexity index is 446. The highest BCUT2D eigenvalue weighted by molar-refractivity contribution is 5.72. The maximum atomic E-state index is 2.31. The first-order valence-electron chi connectivity index (χ1n) is 5.28. The predicted octanol–water partition coefficient (Wildman–Crippen LogP) is 2.26. The van der Waals surface area contributed by atoms with Gasteiger partial charge in [0.05, 0.1) is 6.67 Å². The first kappa shape index (κ1) is 8.60. The van der Waals surface area contributed by atoms with Crippen molar-refractivity contribution in [3.63, 3.8) is 0 Å². The smallest absolute Gasteiger partial charge is 0.0939 e. The Morgan fingerprint density at radius 3 is 2.80 bits per heavy atom. The van der Waals surface area contributed by atoms with Crippen molar-refractivity contribution in [2.24, 2.45) is 0 Å². The van der Waals surface area contributed by atoms with Gasteiger partial charge in [-0.05, 0) is 12.0 Å². The zero-order valence-corrected chi connectivity index (χ0v) is 8.85. The summed E-state index contributed by atoms with van der Waals surface area (Å²) in [5.41, 5.74) is 4.18. The van der Waals surface area contributed by atoms with E-state index in [0.29, 0.717) is 0 Å². The molecule has 1 aliphatic carbocycles. The van der Waals surface area contributed by atoms with Crippen molar-refractivity contribution in [3.05, 3.63) is 53.9 Å². The first-order chi connectivity index (χ1) is 7.34. The van der Waals surface area contributed by atoms with E-state index >= 15 is 0 Å². The van der Waals surface area contributed by atoms with Crippen LogP contribution in [-0.4, -0.2) is 23.5 Å². The van der Waals surface area contributed by atoms with Gasteiger partial charge in [0.2, 0.25) is 0 Å². The molecule has 1 aromatic rings. The molecular formula is C13H14N2. The highest BCUT2D eigenvalue weighted by Gasteiger charge is 2.20. The van der Waals surface area contributed by atoms with E-state index in [1.165, 1.54) is 16.8 Å². The zero-order chi connectivity index (χ0) is 10.3. The van der Waals surface area contributed by atoms with Gasteiger partial charge in [0, 0.05) is 30.7 Å². The summed E-state index contributed by atoms with van der Waals surface area (Å²) < 4.78 is 0. The van der Waals surface area contributed by atoms with Crippen LogP contribution in [-0.2, 0) is 6.42 Å². The summed E-state index contributed by atoms with van der Waals surface area (Å²) in [5.74, 6) is 0. The maximum absolute atomic E-state index is 2.31. The van der Waals surface area contributed by atoms with E-state index in [9.17, 15) is 0 Å². The molecule has 2 nitrogen and oxygen atoms in total. The van der Waals surface area contributed by atoms with Gasteiger partial charge in [0.1, 0.15) is 0 Å². The Morgan fingerprint density at radius 1 is 1.13 bits per heavy atom. The van der Waals surface area contributed by atoms with Gasteiger partial charge in [-0.25, -0.2) is 0 Å². The molecule has 2 heteroatoms. The molecule has 0 fully saturated rings. The summed E-state index contributed by atoms with van der Waals surface area (Å²) >= 11 is 0. The fraction of sp³-hybridized carbons (Fsp3) is 0.231. The summed E-state index contributed by atoms with van der Waals surface area (Å²) in [5, 5.41) is 0. The second kappa shape index (κ2) is 3.16. The van der Waals surface area contributed by atoms with Crippen molar-refractivity contribution in [2.75, 3.05) is 13.7 Å². The average Bonchev–Trinajstić information content (AvgIpc) is 2.83. The molecule has 0 saturated carbocycles. The number of hydrogen-bond acceptors (Lipinski definition) is 2. The van der Waals surface area contributed by atoms with Crippen LogP contribution in [0, 0.1) is 0 Å². The Kier molecular flexibility index (Phi) is 1.81. The van der Waals surface area contributed by atoms with Gasteiger partial charge >= 0.3 is 0 Å². The van der Waals surface area contributed by atoms with E-state index in [2.05, 4.69) is 59.6 Å². The molecule has 0 spiro atoms. The van der Waals surface area contributed by atoms with E-state index < -0.39 is 0 Å². The van der Waals surface area contributed by atoms with E-state index in [1.54, 1.807) is 0 Å². The Morgan fingerprint density at radius 2 is 2.00 bits per heavy atom. The third-order valence-electron chi connectivity index (χ3n) is 2.99. The highest BCUT2D eigenvalue weighted by Crippen LogP contribution is 2.31.